The van der Waals surface area contributed by atoms with E-state index in [2.05, 4.69) is 0 Å². The van der Waals surface area contributed by atoms with Crippen molar-refractivity contribution in [2.75, 3.05) is 24.7 Å². The van der Waals surface area contributed by atoms with Gasteiger partial charge in [0.15, 0.2) is 17.9 Å². The van der Waals surface area contributed by atoms with E-state index in [-0.39, 0.29) is 24.7 Å². The number of halogens is 3. The van der Waals surface area contributed by atoms with Crippen LogP contribution in [0.1, 0.15) is 31.9 Å². The van der Waals surface area contributed by atoms with Crippen molar-refractivity contribution in [3.63, 3.8) is 0 Å². The maximum atomic E-state index is 13.5. The van der Waals surface area contributed by atoms with Gasteiger partial charge in [-0.3, -0.25) is 9.59 Å². The molecule has 0 aliphatic carbocycles. The lowest BCUT2D eigenvalue weighted by Gasteiger charge is -2.35. The smallest absolute Gasteiger partial charge is 0.292 e. The molecule has 0 N–H and O–H groups in total. The Morgan fingerprint density at radius 1 is 1.20 bits per heavy atom. The van der Waals surface area contributed by atoms with Crippen molar-refractivity contribution in [1.82, 2.24) is 4.90 Å². The third kappa shape index (κ3) is 2.62. The molecule has 4 atom stereocenters. The molecule has 3 fully saturated rings. The molecule has 2 bridgehead atoms. The first-order valence-electron chi connectivity index (χ1n) is 9.46. The van der Waals surface area contributed by atoms with Crippen LogP contribution in [0.5, 0.6) is 0 Å². The number of alkyl halides is 3. The Hall–Kier alpha value is -2.77. The van der Waals surface area contributed by atoms with Crippen molar-refractivity contribution in [2.45, 2.75) is 39.0 Å². The van der Waals surface area contributed by atoms with Gasteiger partial charge in [0.25, 0.3) is 5.91 Å². The van der Waals surface area contributed by atoms with Crippen LogP contribution in [0.2, 0.25) is 0 Å². The van der Waals surface area contributed by atoms with E-state index < -0.39 is 51.2 Å². The maximum Gasteiger partial charge on any atom is 0.433 e. The first-order chi connectivity index (χ1) is 13.8. The molecule has 1 aromatic carbocycles. The molecule has 7 nitrogen and oxygen atoms in total. The highest BCUT2D eigenvalue weighted by Gasteiger charge is 2.74. The highest BCUT2D eigenvalue weighted by Crippen LogP contribution is 2.45. The zero-order valence-electron chi connectivity index (χ0n) is 16.7. The van der Waals surface area contributed by atoms with Gasteiger partial charge < -0.3 is 0 Å². The van der Waals surface area contributed by atoms with Crippen LogP contribution in [-0.2, 0) is 15.8 Å². The van der Waals surface area contributed by atoms with Gasteiger partial charge in [0.2, 0.25) is 0 Å². The first kappa shape index (κ1) is 20.5. The Morgan fingerprint density at radius 2 is 1.87 bits per heavy atom. The van der Waals surface area contributed by atoms with Crippen molar-refractivity contribution in [3.05, 3.63) is 29.3 Å². The summed E-state index contributed by atoms with van der Waals surface area (Å²) in [5.74, 6) is -0.778. The van der Waals surface area contributed by atoms with Gasteiger partial charge in [-0.25, -0.2) is 14.2 Å². The number of carbonyl (C=O) groups is 3. The number of Topliss-reactive ketones (excluding diaryl/α,β-unsaturated/α-hetero) is 1. The van der Waals surface area contributed by atoms with E-state index in [1.807, 2.05) is 4.90 Å². The molecule has 1 aromatic rings. The van der Waals surface area contributed by atoms with Gasteiger partial charge in [-0.1, -0.05) is 20.8 Å². The number of anilines is 1. The average Bonchev–Trinajstić information content (AvgIpc) is 3.28. The van der Waals surface area contributed by atoms with E-state index in [0.717, 1.165) is 11.0 Å². The summed E-state index contributed by atoms with van der Waals surface area (Å²) in [4.78, 5) is 42.3. The molecule has 3 saturated heterocycles. The number of piperazine rings is 1. The number of hydrogen-bond donors (Lipinski definition) is 0. The van der Waals surface area contributed by atoms with Crippen LogP contribution in [0, 0.1) is 16.7 Å². The van der Waals surface area contributed by atoms with Crippen LogP contribution < -0.4 is 4.90 Å². The fourth-order valence-corrected chi connectivity index (χ4v) is 4.78. The first-order valence-corrected chi connectivity index (χ1v) is 9.46. The van der Waals surface area contributed by atoms with E-state index in [0.29, 0.717) is 12.6 Å². The number of benzene rings is 1. The highest BCUT2D eigenvalue weighted by atomic mass is 19.4. The Labute approximate surface area is 170 Å². The van der Waals surface area contributed by atoms with Crippen LogP contribution in [0.15, 0.2) is 18.2 Å². The number of nitrogens with zero attached hydrogens (tertiary/aromatic N) is 4. The topological polar surface area (TPSA) is 81.5 Å². The standard InChI is InChI=1S/C20H20F3N4O3/c1-19(2,3)16(28)14-8-25-9-15-17(29)26(18(30)27(14,15)10-25)12-5-4-11(7-24)13(6-12)20(21,22)23/h4-6,14-15H,8-10H2,1-3H3/q+1. The van der Waals surface area contributed by atoms with Gasteiger partial charge in [-0.15, -0.1) is 0 Å². The van der Waals surface area contributed by atoms with E-state index in [1.165, 1.54) is 12.1 Å². The number of nitriles is 1. The Morgan fingerprint density at radius 3 is 2.43 bits per heavy atom. The molecule has 158 valence electrons. The number of fused-ring (bicyclic) bond motifs is 1. The Kier molecular flexibility index (Phi) is 4.18. The summed E-state index contributed by atoms with van der Waals surface area (Å²) >= 11 is 0. The molecule has 1 spiro atoms. The quantitative estimate of drug-likeness (QED) is 0.542. The van der Waals surface area contributed by atoms with Gasteiger partial charge in [0.05, 0.1) is 36.0 Å². The van der Waals surface area contributed by atoms with Gasteiger partial charge in [0.1, 0.15) is 6.67 Å². The minimum absolute atomic E-state index is 0.159. The SMILES string of the molecule is CC(C)(C)C(=O)C1C[N@@]2CC3C(=O)N(c4ccc(C#N)c(C(F)(F)F)c4)C(=O)[N+]31C2. The third-order valence-corrected chi connectivity index (χ3v) is 6.19. The van der Waals surface area contributed by atoms with Crippen molar-refractivity contribution in [3.8, 4) is 6.07 Å². The van der Waals surface area contributed by atoms with E-state index in [1.54, 1.807) is 20.8 Å². The second-order valence-corrected chi connectivity index (χ2v) is 9.05. The van der Waals surface area contributed by atoms with Crippen molar-refractivity contribution in [1.29, 1.82) is 5.26 Å². The monoisotopic (exact) mass is 421 g/mol. The lowest BCUT2D eigenvalue weighted by molar-refractivity contribution is -0.853. The van der Waals surface area contributed by atoms with E-state index in [9.17, 15) is 27.6 Å². The molecular weight excluding hydrogens is 401 g/mol. The zero-order chi connectivity index (χ0) is 22.2. The minimum atomic E-state index is -4.81. The number of quaternary nitrogens is 1. The van der Waals surface area contributed by atoms with Crippen molar-refractivity contribution < 1.29 is 32.0 Å². The molecule has 3 aliphatic rings. The van der Waals surface area contributed by atoms with E-state index in [4.69, 9.17) is 5.26 Å². The summed E-state index contributed by atoms with van der Waals surface area (Å²) in [5, 5.41) is 8.99. The van der Waals surface area contributed by atoms with Crippen molar-refractivity contribution >= 4 is 23.4 Å². The number of carbonyl (C=O) groups excluding carboxylic acids is 3. The van der Waals surface area contributed by atoms with Crippen LogP contribution in [0.4, 0.5) is 23.7 Å². The number of hydrogen-bond acceptors (Lipinski definition) is 5. The van der Waals surface area contributed by atoms with Gasteiger partial charge in [0, 0.05) is 5.41 Å². The molecule has 30 heavy (non-hydrogen) atoms. The lowest BCUT2D eigenvalue weighted by Crippen LogP contribution is -2.64. The zero-order valence-corrected chi connectivity index (χ0v) is 16.7. The largest absolute Gasteiger partial charge is 0.433 e. The molecule has 3 heterocycles. The third-order valence-electron chi connectivity index (χ3n) is 6.19. The lowest BCUT2D eigenvalue weighted by atomic mass is 9.84. The molecule has 3 amide bonds. The minimum Gasteiger partial charge on any atom is -0.292 e. The number of rotatable bonds is 2. The Balaban J connectivity index is 1.79. The van der Waals surface area contributed by atoms with Crippen LogP contribution in [0.3, 0.4) is 0 Å². The van der Waals surface area contributed by atoms with Gasteiger partial charge in [-0.05, 0) is 18.2 Å². The molecule has 0 aromatic heterocycles. The van der Waals surface area contributed by atoms with Crippen LogP contribution in [0.25, 0.3) is 0 Å². The second kappa shape index (κ2) is 6.12. The summed E-state index contributed by atoms with van der Waals surface area (Å²) in [6.07, 6.45) is -4.81. The molecule has 0 radical (unpaired) electrons. The fourth-order valence-electron chi connectivity index (χ4n) is 4.78. The van der Waals surface area contributed by atoms with Crippen LogP contribution in [-0.4, -0.2) is 58.9 Å². The number of urea groups is 1. The maximum absolute atomic E-state index is 13.5. The summed E-state index contributed by atoms with van der Waals surface area (Å²) in [6.45, 7) is 6.00. The normalized spacial score (nSPS) is 30.6. The molecule has 0 saturated carbocycles. The Bertz CT molecular complexity index is 1020. The second-order valence-electron chi connectivity index (χ2n) is 9.05. The molecule has 3 unspecified atom stereocenters. The summed E-state index contributed by atoms with van der Waals surface area (Å²) in [6, 6.07) is 2.00. The average molecular weight is 421 g/mol. The number of amides is 3. The van der Waals surface area contributed by atoms with E-state index >= 15 is 0 Å². The van der Waals surface area contributed by atoms with Gasteiger partial charge >= 0.3 is 12.2 Å². The predicted octanol–water partition coefficient (Wildman–Crippen LogP) is 2.50. The number of ketones is 1. The number of imide groups is 1. The van der Waals surface area contributed by atoms with Crippen molar-refractivity contribution in [2.24, 2.45) is 5.41 Å². The molecule has 10 heteroatoms. The molecule has 3 aliphatic heterocycles. The molecule has 4 rings (SSSR count). The predicted molar refractivity (Wildman–Crippen MR) is 97.8 cm³/mol. The summed E-state index contributed by atoms with van der Waals surface area (Å²) in [7, 11) is 0. The highest BCUT2D eigenvalue weighted by molar-refractivity contribution is 6.19. The fraction of sp³-hybridized carbons (Fsp3) is 0.500. The van der Waals surface area contributed by atoms with Gasteiger partial charge in [-0.2, -0.15) is 23.3 Å². The van der Waals surface area contributed by atoms with Crippen LogP contribution >= 0.6 is 0 Å². The summed E-state index contributed by atoms with van der Waals surface area (Å²) < 4.78 is 39.7. The molecular formula is C20H20F3N4O3+. The summed E-state index contributed by atoms with van der Waals surface area (Å²) in [5.41, 5.74) is -2.77.